The number of ether oxygens (including phenoxy) is 3. The van der Waals surface area contributed by atoms with Crippen LogP contribution in [0.5, 0.6) is 5.75 Å². The van der Waals surface area contributed by atoms with Crippen molar-refractivity contribution in [2.24, 2.45) is 10.8 Å². The minimum Gasteiger partial charge on any atom is -0.508 e. The minimum absolute atomic E-state index is 0.0520. The van der Waals surface area contributed by atoms with Gasteiger partial charge in [0.25, 0.3) is 0 Å². The van der Waals surface area contributed by atoms with Crippen LogP contribution in [0, 0.1) is 10.8 Å². The molecule has 178 valence electrons. The summed E-state index contributed by atoms with van der Waals surface area (Å²) in [4.78, 5) is 36.6. The SMILES string of the molecule is CCC(Cl)(CC(C)(C)C(=O)OC1C(=O)OCC1(C)C)C(=O)OC(C)(C)c1ccc(O)cc1. The molecule has 1 saturated heterocycles. The Labute approximate surface area is 194 Å². The average Bonchev–Trinajstić information content (AvgIpc) is 2.94. The Hall–Kier alpha value is -2.28. The van der Waals surface area contributed by atoms with Gasteiger partial charge in [-0.2, -0.15) is 0 Å². The number of hydrogen-bond donors (Lipinski definition) is 1. The van der Waals surface area contributed by atoms with Crippen LogP contribution in [0.2, 0.25) is 0 Å². The molecule has 1 aliphatic rings. The van der Waals surface area contributed by atoms with Crippen molar-refractivity contribution in [1.82, 2.24) is 0 Å². The summed E-state index contributed by atoms with van der Waals surface area (Å²) >= 11 is 6.71. The van der Waals surface area contributed by atoms with Gasteiger partial charge in [-0.15, -0.1) is 11.6 Å². The summed E-state index contributed by atoms with van der Waals surface area (Å²) in [5.41, 5.74) is -2.14. The minimum atomic E-state index is -1.48. The highest BCUT2D eigenvalue weighted by Gasteiger charge is 2.51. The van der Waals surface area contributed by atoms with E-state index in [0.29, 0.717) is 5.56 Å². The van der Waals surface area contributed by atoms with Crippen molar-refractivity contribution in [1.29, 1.82) is 0 Å². The van der Waals surface area contributed by atoms with E-state index in [2.05, 4.69) is 0 Å². The van der Waals surface area contributed by atoms with E-state index in [0.717, 1.165) is 0 Å². The molecule has 8 heteroatoms. The average molecular weight is 469 g/mol. The van der Waals surface area contributed by atoms with E-state index >= 15 is 0 Å². The topological polar surface area (TPSA) is 99.1 Å². The zero-order valence-corrected chi connectivity index (χ0v) is 20.5. The van der Waals surface area contributed by atoms with Crippen molar-refractivity contribution in [3.8, 4) is 5.75 Å². The maximum absolute atomic E-state index is 13.1. The molecule has 0 radical (unpaired) electrons. The van der Waals surface area contributed by atoms with Crippen LogP contribution in [-0.2, 0) is 34.2 Å². The first-order chi connectivity index (χ1) is 14.5. The number of phenols is 1. The van der Waals surface area contributed by atoms with Crippen LogP contribution in [0.25, 0.3) is 0 Å². The van der Waals surface area contributed by atoms with Gasteiger partial charge < -0.3 is 19.3 Å². The van der Waals surface area contributed by atoms with E-state index < -0.39 is 45.3 Å². The van der Waals surface area contributed by atoms with Crippen molar-refractivity contribution >= 4 is 29.5 Å². The summed E-state index contributed by atoms with van der Waals surface area (Å²) in [7, 11) is 0. The highest BCUT2D eigenvalue weighted by atomic mass is 35.5. The Morgan fingerprint density at radius 2 is 1.72 bits per heavy atom. The molecule has 2 rings (SSSR count). The van der Waals surface area contributed by atoms with Gasteiger partial charge in [0.2, 0.25) is 6.10 Å². The second-order valence-electron chi connectivity index (χ2n) is 10.2. The number of halogens is 1. The van der Waals surface area contributed by atoms with Crippen LogP contribution in [0.15, 0.2) is 24.3 Å². The summed E-state index contributed by atoms with van der Waals surface area (Å²) < 4.78 is 16.3. The molecule has 0 aromatic heterocycles. The number of carbonyl (C=O) groups excluding carboxylic acids is 3. The Morgan fingerprint density at radius 1 is 1.16 bits per heavy atom. The third kappa shape index (κ3) is 5.55. The van der Waals surface area contributed by atoms with Crippen molar-refractivity contribution in [2.75, 3.05) is 6.61 Å². The predicted octanol–water partition coefficient (Wildman–Crippen LogP) is 4.47. The van der Waals surface area contributed by atoms with Crippen LogP contribution in [0.3, 0.4) is 0 Å². The first kappa shape index (κ1) is 26.0. The lowest BCUT2D eigenvalue weighted by atomic mass is 9.80. The molecule has 1 N–H and O–H groups in total. The maximum Gasteiger partial charge on any atom is 0.348 e. The molecule has 2 unspecified atom stereocenters. The van der Waals surface area contributed by atoms with Crippen molar-refractivity contribution < 1.29 is 33.7 Å². The zero-order chi connectivity index (χ0) is 24.5. The molecule has 1 aromatic rings. The van der Waals surface area contributed by atoms with E-state index in [9.17, 15) is 19.5 Å². The standard InChI is InChI=1S/C24H33ClO7/c1-8-24(25,20(29)32-23(6,7)15-9-11-16(26)12-10-15)13-21(2,3)19(28)31-17-18(27)30-14-22(17,4)5/h9-12,17,26H,8,13-14H2,1-7H3. The lowest BCUT2D eigenvalue weighted by molar-refractivity contribution is -0.172. The Bertz CT molecular complexity index is 873. The third-order valence-electron chi connectivity index (χ3n) is 5.85. The number of benzene rings is 1. The van der Waals surface area contributed by atoms with Gasteiger partial charge in [0.1, 0.15) is 22.8 Å². The van der Waals surface area contributed by atoms with Gasteiger partial charge in [-0.25, -0.2) is 4.79 Å². The number of alkyl halides is 1. The van der Waals surface area contributed by atoms with Gasteiger partial charge in [0.15, 0.2) is 0 Å². The fourth-order valence-electron chi connectivity index (χ4n) is 3.56. The predicted molar refractivity (Wildman–Crippen MR) is 119 cm³/mol. The maximum atomic E-state index is 13.1. The van der Waals surface area contributed by atoms with E-state index in [1.54, 1.807) is 60.6 Å². The van der Waals surface area contributed by atoms with Crippen molar-refractivity contribution in [3.05, 3.63) is 29.8 Å². The molecule has 1 heterocycles. The number of cyclic esters (lactones) is 1. The van der Waals surface area contributed by atoms with E-state index in [1.807, 2.05) is 0 Å². The lowest BCUT2D eigenvalue weighted by Crippen LogP contribution is -2.46. The van der Waals surface area contributed by atoms with Crippen LogP contribution >= 0.6 is 11.6 Å². The highest BCUT2D eigenvalue weighted by Crippen LogP contribution is 2.41. The second kappa shape index (κ2) is 8.93. The van der Waals surface area contributed by atoms with Crippen LogP contribution in [0.4, 0.5) is 0 Å². The van der Waals surface area contributed by atoms with Gasteiger partial charge in [-0.3, -0.25) is 9.59 Å². The van der Waals surface area contributed by atoms with Crippen molar-refractivity contribution in [3.63, 3.8) is 0 Å². The first-order valence-electron chi connectivity index (χ1n) is 10.6. The third-order valence-corrected chi connectivity index (χ3v) is 6.40. The number of hydrogen-bond acceptors (Lipinski definition) is 7. The largest absolute Gasteiger partial charge is 0.508 e. The fraction of sp³-hybridized carbons (Fsp3) is 0.625. The highest BCUT2D eigenvalue weighted by molar-refractivity contribution is 6.34. The molecule has 0 spiro atoms. The fourth-order valence-corrected chi connectivity index (χ4v) is 3.93. The lowest BCUT2D eigenvalue weighted by Gasteiger charge is -2.36. The van der Waals surface area contributed by atoms with Gasteiger partial charge in [-0.05, 0) is 58.2 Å². The van der Waals surface area contributed by atoms with E-state index in [4.69, 9.17) is 25.8 Å². The van der Waals surface area contributed by atoms with Gasteiger partial charge in [-0.1, -0.05) is 32.9 Å². The Kier molecular flexibility index (Phi) is 7.25. The summed E-state index contributed by atoms with van der Waals surface area (Å²) in [5.74, 6) is -1.78. The monoisotopic (exact) mass is 468 g/mol. The zero-order valence-electron chi connectivity index (χ0n) is 19.8. The number of aromatic hydroxyl groups is 1. The Morgan fingerprint density at radius 3 is 2.19 bits per heavy atom. The molecule has 1 aromatic carbocycles. The number of phenolic OH excluding ortho intramolecular Hbond substituents is 1. The van der Waals surface area contributed by atoms with Crippen LogP contribution in [0.1, 0.15) is 66.9 Å². The molecule has 32 heavy (non-hydrogen) atoms. The van der Waals surface area contributed by atoms with Crippen LogP contribution in [-0.4, -0.2) is 40.6 Å². The smallest absolute Gasteiger partial charge is 0.348 e. The summed E-state index contributed by atoms with van der Waals surface area (Å²) in [5, 5.41) is 9.50. The molecule has 0 saturated carbocycles. The molecule has 0 bridgehead atoms. The van der Waals surface area contributed by atoms with E-state index in [1.165, 1.54) is 12.1 Å². The quantitative estimate of drug-likeness (QED) is 0.341. The van der Waals surface area contributed by atoms with Gasteiger partial charge in [0.05, 0.1) is 5.41 Å². The number of carbonyl (C=O) groups is 3. The molecule has 0 aliphatic carbocycles. The summed E-state index contributed by atoms with van der Waals surface area (Å²) in [6, 6.07) is 6.34. The van der Waals surface area contributed by atoms with Crippen molar-refractivity contribution in [2.45, 2.75) is 77.9 Å². The Balaban J connectivity index is 2.16. The molecule has 7 nitrogen and oxygen atoms in total. The number of rotatable bonds is 8. The molecule has 2 atom stereocenters. The van der Waals surface area contributed by atoms with Crippen LogP contribution < -0.4 is 0 Å². The molecular formula is C24H33ClO7. The normalized spacial score (nSPS) is 20.2. The molecule has 1 aliphatic heterocycles. The number of esters is 3. The van der Waals surface area contributed by atoms with E-state index in [-0.39, 0.29) is 25.2 Å². The summed E-state index contributed by atoms with van der Waals surface area (Å²) in [6.45, 7) is 12.1. The van der Waals surface area contributed by atoms with Gasteiger partial charge >= 0.3 is 17.9 Å². The summed E-state index contributed by atoms with van der Waals surface area (Å²) in [6.07, 6.45) is -0.850. The first-order valence-corrected chi connectivity index (χ1v) is 11.0. The van der Waals surface area contributed by atoms with Gasteiger partial charge in [0, 0.05) is 5.41 Å². The molecular weight excluding hydrogens is 436 g/mol. The molecule has 1 fully saturated rings. The second-order valence-corrected chi connectivity index (χ2v) is 10.9. The molecule has 0 amide bonds.